The molecule has 0 aromatic heterocycles. The number of carbonyl (C=O) groups is 3. The third-order valence-electron chi connectivity index (χ3n) is 3.52. The maximum absolute atomic E-state index is 12.2. The first-order chi connectivity index (χ1) is 11.9. The molecule has 0 bridgehead atoms. The maximum atomic E-state index is 12.2. The lowest BCUT2D eigenvalue weighted by molar-refractivity contribution is -0.123. The molecule has 1 amide bonds. The summed E-state index contributed by atoms with van der Waals surface area (Å²) in [6.07, 6.45) is -0.990. The highest BCUT2D eigenvalue weighted by Crippen LogP contribution is 2.14. The van der Waals surface area contributed by atoms with Crippen LogP contribution in [0.1, 0.15) is 34.6 Å². The Morgan fingerprint density at radius 1 is 1.00 bits per heavy atom. The van der Waals surface area contributed by atoms with Gasteiger partial charge in [-0.1, -0.05) is 12.1 Å². The summed E-state index contributed by atoms with van der Waals surface area (Å²) in [5, 5.41) is 2.62. The summed E-state index contributed by atoms with van der Waals surface area (Å²) >= 11 is 0. The molecule has 0 aliphatic heterocycles. The van der Waals surface area contributed by atoms with Crippen molar-refractivity contribution in [2.75, 3.05) is 12.4 Å². The minimum atomic E-state index is -0.990. The van der Waals surface area contributed by atoms with Gasteiger partial charge < -0.3 is 14.8 Å². The lowest BCUT2D eigenvalue weighted by Gasteiger charge is -2.14. The first kappa shape index (κ1) is 18.2. The molecule has 0 unspecified atom stereocenters. The van der Waals surface area contributed by atoms with Crippen molar-refractivity contribution < 1.29 is 23.9 Å². The molecule has 0 aliphatic rings. The van der Waals surface area contributed by atoms with Gasteiger partial charge in [-0.3, -0.25) is 9.59 Å². The van der Waals surface area contributed by atoms with Crippen LogP contribution < -0.4 is 10.1 Å². The minimum absolute atomic E-state index is 0.102. The molecule has 0 fully saturated rings. The Hall–Kier alpha value is -3.15. The average molecular weight is 341 g/mol. The van der Waals surface area contributed by atoms with Crippen molar-refractivity contribution in [3.05, 3.63) is 59.7 Å². The number of Topliss-reactive ketones (excluding diaryl/α,β-unsaturated/α-hetero) is 1. The number of amides is 1. The highest BCUT2D eigenvalue weighted by Gasteiger charge is 2.19. The zero-order chi connectivity index (χ0) is 18.4. The van der Waals surface area contributed by atoms with E-state index >= 15 is 0 Å². The van der Waals surface area contributed by atoms with Crippen LogP contribution in [-0.2, 0) is 9.53 Å². The Balaban J connectivity index is 1.98. The molecule has 0 spiro atoms. The lowest BCUT2D eigenvalue weighted by Crippen LogP contribution is -2.30. The van der Waals surface area contributed by atoms with E-state index in [1.54, 1.807) is 48.5 Å². The molecule has 6 nitrogen and oxygen atoms in total. The van der Waals surface area contributed by atoms with Gasteiger partial charge in [0.1, 0.15) is 5.75 Å². The molecule has 2 aromatic carbocycles. The van der Waals surface area contributed by atoms with Crippen LogP contribution >= 0.6 is 0 Å². The zero-order valence-corrected chi connectivity index (χ0v) is 14.2. The maximum Gasteiger partial charge on any atom is 0.338 e. The number of anilines is 1. The van der Waals surface area contributed by atoms with Crippen LogP contribution in [0.3, 0.4) is 0 Å². The number of benzene rings is 2. The first-order valence-electron chi connectivity index (χ1n) is 7.67. The van der Waals surface area contributed by atoms with Gasteiger partial charge in [-0.2, -0.15) is 0 Å². The molecule has 130 valence electrons. The monoisotopic (exact) mass is 341 g/mol. The summed E-state index contributed by atoms with van der Waals surface area (Å²) in [7, 11) is 1.53. The van der Waals surface area contributed by atoms with E-state index in [1.165, 1.54) is 21.0 Å². The van der Waals surface area contributed by atoms with Crippen molar-refractivity contribution in [2.45, 2.75) is 20.0 Å². The largest absolute Gasteiger partial charge is 0.497 e. The number of ketones is 1. The van der Waals surface area contributed by atoms with Crippen LogP contribution in [0.15, 0.2) is 48.5 Å². The van der Waals surface area contributed by atoms with Gasteiger partial charge in [0.05, 0.1) is 12.7 Å². The van der Waals surface area contributed by atoms with Crippen LogP contribution in [0, 0.1) is 0 Å². The van der Waals surface area contributed by atoms with Gasteiger partial charge in [0.2, 0.25) is 0 Å². The standard InChI is InChI=1S/C19H19NO5/c1-12(21)15-5-4-6-16(11-15)20-18(22)13(2)25-19(23)14-7-9-17(24-3)10-8-14/h4-11,13H,1-3H3,(H,20,22)/t13-/m0/s1. The second kappa shape index (κ2) is 8.10. The Bertz CT molecular complexity index is 783. The number of carbonyl (C=O) groups excluding carboxylic acids is 3. The number of hydrogen-bond donors (Lipinski definition) is 1. The Morgan fingerprint density at radius 2 is 1.68 bits per heavy atom. The topological polar surface area (TPSA) is 81.7 Å². The van der Waals surface area contributed by atoms with Gasteiger partial charge in [0.15, 0.2) is 11.9 Å². The van der Waals surface area contributed by atoms with Crippen molar-refractivity contribution in [3.63, 3.8) is 0 Å². The molecule has 6 heteroatoms. The predicted octanol–water partition coefficient (Wildman–Crippen LogP) is 3.08. The number of rotatable bonds is 6. The molecule has 2 rings (SSSR count). The smallest absolute Gasteiger partial charge is 0.338 e. The Morgan fingerprint density at radius 3 is 2.28 bits per heavy atom. The normalized spacial score (nSPS) is 11.3. The average Bonchev–Trinajstić information content (AvgIpc) is 2.61. The number of methoxy groups -OCH3 is 1. The van der Waals surface area contributed by atoms with Gasteiger partial charge in [-0.25, -0.2) is 4.79 Å². The fourth-order valence-corrected chi connectivity index (χ4v) is 2.07. The Labute approximate surface area is 145 Å². The van der Waals surface area contributed by atoms with E-state index in [0.717, 1.165) is 0 Å². The van der Waals surface area contributed by atoms with E-state index in [2.05, 4.69) is 5.32 Å². The summed E-state index contributed by atoms with van der Waals surface area (Å²) in [6.45, 7) is 2.92. The molecule has 0 heterocycles. The van der Waals surface area contributed by atoms with Crippen molar-refractivity contribution >= 4 is 23.3 Å². The summed E-state index contributed by atoms with van der Waals surface area (Å²) in [4.78, 5) is 35.6. The third-order valence-corrected chi connectivity index (χ3v) is 3.52. The lowest BCUT2D eigenvalue weighted by atomic mass is 10.1. The van der Waals surface area contributed by atoms with Crippen molar-refractivity contribution in [3.8, 4) is 5.75 Å². The van der Waals surface area contributed by atoms with Crippen molar-refractivity contribution in [2.24, 2.45) is 0 Å². The van der Waals surface area contributed by atoms with Crippen molar-refractivity contribution in [1.82, 2.24) is 0 Å². The predicted molar refractivity (Wildman–Crippen MR) is 92.9 cm³/mol. The van der Waals surface area contributed by atoms with Gasteiger partial charge in [-0.05, 0) is 50.2 Å². The van der Waals surface area contributed by atoms with Crippen LogP contribution in [0.5, 0.6) is 5.75 Å². The fraction of sp³-hybridized carbons (Fsp3) is 0.211. The van der Waals surface area contributed by atoms with Crippen LogP contribution in [0.4, 0.5) is 5.69 Å². The second-order valence-electron chi connectivity index (χ2n) is 5.40. The highest BCUT2D eigenvalue weighted by molar-refractivity contribution is 5.99. The second-order valence-corrected chi connectivity index (χ2v) is 5.40. The minimum Gasteiger partial charge on any atom is -0.497 e. The van der Waals surface area contributed by atoms with Crippen LogP contribution in [0.2, 0.25) is 0 Å². The van der Waals surface area contributed by atoms with Gasteiger partial charge in [-0.15, -0.1) is 0 Å². The van der Waals surface area contributed by atoms with Gasteiger partial charge >= 0.3 is 5.97 Å². The molecule has 0 saturated carbocycles. The molecule has 1 N–H and O–H groups in total. The molecular weight excluding hydrogens is 322 g/mol. The summed E-state index contributed by atoms with van der Waals surface area (Å²) in [5.74, 6) is -0.576. The molecule has 25 heavy (non-hydrogen) atoms. The van der Waals surface area contributed by atoms with Crippen molar-refractivity contribution in [1.29, 1.82) is 0 Å². The van der Waals surface area contributed by atoms with E-state index in [4.69, 9.17) is 9.47 Å². The first-order valence-corrected chi connectivity index (χ1v) is 7.67. The molecule has 0 radical (unpaired) electrons. The number of hydrogen-bond acceptors (Lipinski definition) is 5. The third kappa shape index (κ3) is 4.91. The van der Waals surface area contributed by atoms with Gasteiger partial charge in [0, 0.05) is 11.3 Å². The van der Waals surface area contributed by atoms with E-state index in [0.29, 0.717) is 22.6 Å². The SMILES string of the molecule is COc1ccc(C(=O)O[C@@H](C)C(=O)Nc2cccc(C(C)=O)c2)cc1. The van der Waals surface area contributed by atoms with Gasteiger partial charge in [0.25, 0.3) is 5.91 Å². The zero-order valence-electron chi connectivity index (χ0n) is 14.2. The van der Waals surface area contributed by atoms with E-state index < -0.39 is 18.0 Å². The summed E-state index contributed by atoms with van der Waals surface area (Å²) < 4.78 is 10.2. The molecule has 0 aliphatic carbocycles. The van der Waals surface area contributed by atoms with E-state index in [9.17, 15) is 14.4 Å². The molecule has 1 atom stereocenters. The highest BCUT2D eigenvalue weighted by atomic mass is 16.5. The number of ether oxygens (including phenoxy) is 2. The summed E-state index contributed by atoms with van der Waals surface area (Å²) in [6, 6.07) is 12.9. The fourth-order valence-electron chi connectivity index (χ4n) is 2.07. The Kier molecular flexibility index (Phi) is 5.89. The van der Waals surface area contributed by atoms with Crippen LogP contribution in [0.25, 0.3) is 0 Å². The summed E-state index contributed by atoms with van der Waals surface area (Å²) in [5.41, 5.74) is 1.27. The van der Waals surface area contributed by atoms with E-state index in [1.807, 2.05) is 0 Å². The molecule has 2 aromatic rings. The molecule has 0 saturated heterocycles. The van der Waals surface area contributed by atoms with E-state index in [-0.39, 0.29) is 5.78 Å². The number of esters is 1. The quantitative estimate of drug-likeness (QED) is 0.645. The molecular formula is C19H19NO5. The number of nitrogens with one attached hydrogen (secondary N) is 1. The van der Waals surface area contributed by atoms with Crippen LogP contribution in [-0.4, -0.2) is 30.9 Å².